The molecule has 0 spiro atoms. The molecule has 0 atom stereocenters. The van der Waals surface area contributed by atoms with E-state index in [1.54, 1.807) is 0 Å². The first-order chi connectivity index (χ1) is 10.1. The minimum Gasteiger partial charge on any atom is -0.490 e. The SMILES string of the molecule is C/C=C/c1ccc(OCCOC(=O)CCCC(=O)O)cc1. The first-order valence-electron chi connectivity index (χ1n) is 6.85. The van der Waals surface area contributed by atoms with Crippen LogP contribution >= 0.6 is 0 Å². The number of aliphatic carboxylic acids is 1. The second kappa shape index (κ2) is 9.58. The van der Waals surface area contributed by atoms with Gasteiger partial charge in [0.1, 0.15) is 19.0 Å². The van der Waals surface area contributed by atoms with Gasteiger partial charge < -0.3 is 14.6 Å². The maximum Gasteiger partial charge on any atom is 0.305 e. The number of carboxylic acids is 1. The molecule has 0 aliphatic heterocycles. The third-order valence-electron chi connectivity index (χ3n) is 2.63. The van der Waals surface area contributed by atoms with Crippen LogP contribution in [0.4, 0.5) is 0 Å². The van der Waals surface area contributed by atoms with Crippen molar-refractivity contribution in [2.24, 2.45) is 0 Å². The van der Waals surface area contributed by atoms with Crippen LogP contribution < -0.4 is 4.74 Å². The van der Waals surface area contributed by atoms with Gasteiger partial charge in [-0.05, 0) is 31.0 Å². The molecule has 1 rings (SSSR count). The van der Waals surface area contributed by atoms with Crippen LogP contribution in [0.3, 0.4) is 0 Å². The highest BCUT2D eigenvalue weighted by atomic mass is 16.6. The number of allylic oxidation sites excluding steroid dienone is 1. The molecule has 0 aliphatic carbocycles. The fourth-order valence-corrected chi connectivity index (χ4v) is 1.64. The molecule has 0 fully saturated rings. The molecular formula is C16H20O5. The van der Waals surface area contributed by atoms with E-state index in [1.807, 2.05) is 43.3 Å². The molecule has 114 valence electrons. The Bertz CT molecular complexity index is 476. The lowest BCUT2D eigenvalue weighted by molar-refractivity contribution is -0.144. The topological polar surface area (TPSA) is 72.8 Å². The average Bonchev–Trinajstić information content (AvgIpc) is 2.45. The fraction of sp³-hybridized carbons (Fsp3) is 0.375. The normalized spacial score (nSPS) is 10.5. The molecule has 0 heterocycles. The quantitative estimate of drug-likeness (QED) is 0.559. The number of hydrogen-bond donors (Lipinski definition) is 1. The fourth-order valence-electron chi connectivity index (χ4n) is 1.64. The molecule has 1 N–H and O–H groups in total. The molecule has 0 saturated heterocycles. The highest BCUT2D eigenvalue weighted by Crippen LogP contribution is 2.13. The summed E-state index contributed by atoms with van der Waals surface area (Å²) in [5.41, 5.74) is 1.09. The van der Waals surface area contributed by atoms with Crippen molar-refractivity contribution >= 4 is 18.0 Å². The smallest absolute Gasteiger partial charge is 0.305 e. The van der Waals surface area contributed by atoms with E-state index < -0.39 is 11.9 Å². The van der Waals surface area contributed by atoms with Crippen LogP contribution in [0.1, 0.15) is 31.7 Å². The number of esters is 1. The summed E-state index contributed by atoms with van der Waals surface area (Å²) in [4.78, 5) is 21.6. The van der Waals surface area contributed by atoms with Crippen LogP contribution in [0, 0.1) is 0 Å². The second-order valence-corrected chi connectivity index (χ2v) is 4.39. The van der Waals surface area contributed by atoms with Crippen molar-refractivity contribution in [3.63, 3.8) is 0 Å². The number of hydrogen-bond acceptors (Lipinski definition) is 4. The standard InChI is InChI=1S/C16H20O5/c1-2-4-13-7-9-14(10-8-13)20-11-12-21-16(19)6-3-5-15(17)18/h2,4,7-10H,3,5-6,11-12H2,1H3,(H,17,18)/b4-2+. The van der Waals surface area contributed by atoms with Gasteiger partial charge in [0, 0.05) is 12.8 Å². The number of carbonyl (C=O) groups excluding carboxylic acids is 1. The van der Waals surface area contributed by atoms with Gasteiger partial charge in [-0.25, -0.2) is 0 Å². The molecular weight excluding hydrogens is 272 g/mol. The van der Waals surface area contributed by atoms with Crippen molar-refractivity contribution in [2.75, 3.05) is 13.2 Å². The molecule has 0 aliphatic rings. The number of rotatable bonds is 9. The van der Waals surface area contributed by atoms with E-state index in [1.165, 1.54) is 0 Å². The predicted molar refractivity (Wildman–Crippen MR) is 79.1 cm³/mol. The second-order valence-electron chi connectivity index (χ2n) is 4.39. The summed E-state index contributed by atoms with van der Waals surface area (Å²) in [5.74, 6) is -0.596. The van der Waals surface area contributed by atoms with Crippen LogP contribution in [0.15, 0.2) is 30.3 Å². The summed E-state index contributed by atoms with van der Waals surface area (Å²) < 4.78 is 10.4. The van der Waals surface area contributed by atoms with E-state index >= 15 is 0 Å². The molecule has 0 radical (unpaired) electrons. The Hall–Kier alpha value is -2.30. The van der Waals surface area contributed by atoms with Gasteiger partial charge in [-0.2, -0.15) is 0 Å². The van der Waals surface area contributed by atoms with Crippen LogP contribution in [0.5, 0.6) is 5.75 Å². The number of benzene rings is 1. The Balaban J connectivity index is 2.15. The van der Waals surface area contributed by atoms with Crippen molar-refractivity contribution in [3.05, 3.63) is 35.9 Å². The van der Waals surface area contributed by atoms with Crippen LogP contribution in [-0.4, -0.2) is 30.3 Å². The monoisotopic (exact) mass is 292 g/mol. The Morgan fingerprint density at radius 3 is 2.48 bits per heavy atom. The van der Waals surface area contributed by atoms with Crippen LogP contribution in [-0.2, 0) is 14.3 Å². The van der Waals surface area contributed by atoms with Crippen LogP contribution in [0.2, 0.25) is 0 Å². The highest BCUT2D eigenvalue weighted by molar-refractivity contribution is 5.71. The molecule has 0 bridgehead atoms. The van der Waals surface area contributed by atoms with Crippen molar-refractivity contribution in [1.82, 2.24) is 0 Å². The molecule has 5 heteroatoms. The first-order valence-corrected chi connectivity index (χ1v) is 6.85. The van der Waals surface area contributed by atoms with E-state index in [-0.39, 0.29) is 26.1 Å². The van der Waals surface area contributed by atoms with Gasteiger partial charge in [0.2, 0.25) is 0 Å². The van der Waals surface area contributed by atoms with Crippen molar-refractivity contribution in [2.45, 2.75) is 26.2 Å². The van der Waals surface area contributed by atoms with Crippen molar-refractivity contribution in [3.8, 4) is 5.75 Å². The zero-order valence-corrected chi connectivity index (χ0v) is 12.1. The van der Waals surface area contributed by atoms with Crippen molar-refractivity contribution in [1.29, 1.82) is 0 Å². The molecule has 1 aromatic carbocycles. The summed E-state index contributed by atoms with van der Waals surface area (Å²) in [6, 6.07) is 7.58. The van der Waals surface area contributed by atoms with E-state index in [0.29, 0.717) is 12.2 Å². The minimum atomic E-state index is -0.910. The molecule has 1 aromatic rings. The summed E-state index contributed by atoms with van der Waals surface area (Å²) in [7, 11) is 0. The van der Waals surface area contributed by atoms with Gasteiger partial charge >= 0.3 is 11.9 Å². The zero-order chi connectivity index (χ0) is 15.5. The summed E-state index contributed by atoms with van der Waals surface area (Å²) in [5, 5.41) is 8.44. The number of carboxylic acid groups (broad SMARTS) is 1. The number of ether oxygens (including phenoxy) is 2. The van der Waals surface area contributed by atoms with E-state index in [9.17, 15) is 9.59 Å². The van der Waals surface area contributed by atoms with E-state index in [0.717, 1.165) is 5.56 Å². The first kappa shape index (κ1) is 16.8. The Morgan fingerprint density at radius 1 is 1.14 bits per heavy atom. The van der Waals surface area contributed by atoms with Gasteiger partial charge in [-0.3, -0.25) is 9.59 Å². The molecule has 0 aromatic heterocycles. The maximum atomic E-state index is 11.3. The minimum absolute atomic E-state index is 0.0237. The summed E-state index contributed by atoms with van der Waals surface area (Å²) >= 11 is 0. The van der Waals surface area contributed by atoms with E-state index in [2.05, 4.69) is 0 Å². The van der Waals surface area contributed by atoms with Crippen LogP contribution in [0.25, 0.3) is 6.08 Å². The number of carbonyl (C=O) groups is 2. The molecule has 21 heavy (non-hydrogen) atoms. The van der Waals surface area contributed by atoms with Crippen molar-refractivity contribution < 1.29 is 24.2 Å². The maximum absolute atomic E-state index is 11.3. The third kappa shape index (κ3) is 7.77. The molecule has 5 nitrogen and oxygen atoms in total. The summed E-state index contributed by atoms with van der Waals surface area (Å²) in [6.07, 6.45) is 4.33. The van der Waals surface area contributed by atoms with E-state index in [4.69, 9.17) is 14.6 Å². The van der Waals surface area contributed by atoms with Gasteiger partial charge in [0.25, 0.3) is 0 Å². The van der Waals surface area contributed by atoms with Gasteiger partial charge in [-0.1, -0.05) is 24.3 Å². The molecule has 0 saturated carbocycles. The lowest BCUT2D eigenvalue weighted by Gasteiger charge is -2.07. The molecule has 0 amide bonds. The lowest BCUT2D eigenvalue weighted by Crippen LogP contribution is -2.12. The Kier molecular flexibility index (Phi) is 7.64. The molecule has 0 unspecified atom stereocenters. The third-order valence-corrected chi connectivity index (χ3v) is 2.63. The highest BCUT2D eigenvalue weighted by Gasteiger charge is 2.05. The van der Waals surface area contributed by atoms with Gasteiger partial charge in [0.15, 0.2) is 0 Å². The lowest BCUT2D eigenvalue weighted by atomic mass is 10.2. The zero-order valence-electron chi connectivity index (χ0n) is 12.1. The van der Waals surface area contributed by atoms with Gasteiger partial charge in [-0.15, -0.1) is 0 Å². The Labute approximate surface area is 124 Å². The largest absolute Gasteiger partial charge is 0.490 e. The summed E-state index contributed by atoms with van der Waals surface area (Å²) in [6.45, 7) is 2.38. The van der Waals surface area contributed by atoms with Gasteiger partial charge in [0.05, 0.1) is 0 Å². The Morgan fingerprint density at radius 2 is 1.86 bits per heavy atom. The average molecular weight is 292 g/mol. The predicted octanol–water partition coefficient (Wildman–Crippen LogP) is 2.90.